The van der Waals surface area contributed by atoms with Crippen LogP contribution in [0.2, 0.25) is 0 Å². The van der Waals surface area contributed by atoms with Crippen molar-refractivity contribution in [1.29, 1.82) is 0 Å². The maximum atomic E-state index is 14.4. The van der Waals surface area contributed by atoms with E-state index in [0.717, 1.165) is 5.56 Å². The van der Waals surface area contributed by atoms with Gasteiger partial charge in [0.15, 0.2) is 29.7 Å². The van der Waals surface area contributed by atoms with Gasteiger partial charge in [-0.25, -0.2) is 9.18 Å². The fourth-order valence-corrected chi connectivity index (χ4v) is 2.53. The fraction of sp³-hybridized carbons (Fsp3) is 0.316. The van der Waals surface area contributed by atoms with Crippen molar-refractivity contribution < 1.29 is 33.6 Å². The second-order valence-corrected chi connectivity index (χ2v) is 5.59. The van der Waals surface area contributed by atoms with Crippen molar-refractivity contribution >= 4 is 5.97 Å². The molecule has 0 heterocycles. The van der Waals surface area contributed by atoms with Crippen molar-refractivity contribution in [3.63, 3.8) is 0 Å². The third-order valence-electron chi connectivity index (χ3n) is 3.86. The quantitative estimate of drug-likeness (QED) is 0.712. The molecule has 2 rings (SSSR count). The van der Waals surface area contributed by atoms with E-state index in [1.165, 1.54) is 25.3 Å². The van der Waals surface area contributed by atoms with Gasteiger partial charge in [0, 0.05) is 5.56 Å². The van der Waals surface area contributed by atoms with E-state index in [-0.39, 0.29) is 17.7 Å². The first kappa shape index (κ1) is 19.5. The normalized spacial score (nSPS) is 11.7. The van der Waals surface area contributed by atoms with Crippen molar-refractivity contribution in [3.8, 4) is 17.2 Å². The molecule has 0 spiro atoms. The number of aliphatic carboxylic acids is 1. The number of carbonyl (C=O) groups is 1. The summed E-state index contributed by atoms with van der Waals surface area (Å²) in [7, 11) is 3.08. The number of halogens is 1. The number of carboxylic acids is 1. The van der Waals surface area contributed by atoms with Crippen LogP contribution >= 0.6 is 0 Å². The Kier molecular flexibility index (Phi) is 6.80. The van der Waals surface area contributed by atoms with E-state index in [0.29, 0.717) is 17.9 Å². The molecular weight excluding hydrogens is 343 g/mol. The van der Waals surface area contributed by atoms with E-state index in [1.807, 2.05) is 6.07 Å². The van der Waals surface area contributed by atoms with Gasteiger partial charge in [0.1, 0.15) is 0 Å². The summed E-state index contributed by atoms with van der Waals surface area (Å²) in [6.45, 7) is -0.651. The van der Waals surface area contributed by atoms with Crippen molar-refractivity contribution in [3.05, 3.63) is 53.3 Å². The summed E-state index contributed by atoms with van der Waals surface area (Å²) in [4.78, 5) is 10.5. The van der Waals surface area contributed by atoms with Crippen LogP contribution < -0.4 is 14.2 Å². The number of hydrogen-bond donors (Lipinski definition) is 2. The zero-order valence-corrected chi connectivity index (χ0v) is 14.6. The van der Waals surface area contributed by atoms with Crippen molar-refractivity contribution in [2.75, 3.05) is 20.8 Å². The SMILES string of the molecule is COc1ccc(CC[C@@H](O)c2cccc(OCC(=O)O)c2F)cc1OC. The number of aliphatic hydroxyl groups excluding tert-OH is 1. The molecular formula is C19H21FO6. The first-order valence-electron chi connectivity index (χ1n) is 7.98. The van der Waals surface area contributed by atoms with Crippen LogP contribution in [0.5, 0.6) is 17.2 Å². The lowest BCUT2D eigenvalue weighted by Gasteiger charge is -2.15. The molecule has 0 aromatic heterocycles. The Bertz CT molecular complexity index is 762. The van der Waals surface area contributed by atoms with E-state index in [1.54, 1.807) is 19.2 Å². The lowest BCUT2D eigenvalue weighted by molar-refractivity contribution is -0.139. The van der Waals surface area contributed by atoms with Crippen LogP contribution in [0.1, 0.15) is 23.7 Å². The molecule has 0 saturated heterocycles. The van der Waals surface area contributed by atoms with Gasteiger partial charge >= 0.3 is 5.97 Å². The number of ether oxygens (including phenoxy) is 3. The van der Waals surface area contributed by atoms with Gasteiger partial charge in [-0.3, -0.25) is 0 Å². The second-order valence-electron chi connectivity index (χ2n) is 5.59. The van der Waals surface area contributed by atoms with E-state index in [4.69, 9.17) is 19.3 Å². The Balaban J connectivity index is 2.07. The highest BCUT2D eigenvalue weighted by Gasteiger charge is 2.17. The Labute approximate surface area is 150 Å². The minimum atomic E-state index is -1.20. The molecule has 7 heteroatoms. The number of rotatable bonds is 9. The Hall–Kier alpha value is -2.80. The van der Waals surface area contributed by atoms with Gasteiger partial charge < -0.3 is 24.4 Å². The summed E-state index contributed by atoms with van der Waals surface area (Å²) in [5, 5.41) is 18.9. The summed E-state index contributed by atoms with van der Waals surface area (Å²) in [6.07, 6.45) is -0.299. The van der Waals surface area contributed by atoms with E-state index in [9.17, 15) is 14.3 Å². The van der Waals surface area contributed by atoms with E-state index >= 15 is 0 Å². The molecule has 0 saturated carbocycles. The standard InChI is InChI=1S/C19H21FO6/c1-24-15-9-7-12(10-17(15)25-2)6-8-14(21)13-4-3-5-16(19(13)20)26-11-18(22)23/h3-5,7,9-10,14,21H,6,8,11H2,1-2H3,(H,22,23)/t14-/m1/s1. The zero-order valence-electron chi connectivity index (χ0n) is 14.6. The molecule has 0 aliphatic rings. The molecule has 2 N–H and O–H groups in total. The average molecular weight is 364 g/mol. The minimum absolute atomic E-state index is 0.0633. The number of carboxylic acid groups (broad SMARTS) is 1. The van der Waals surface area contributed by atoms with Gasteiger partial charge in [0.05, 0.1) is 20.3 Å². The van der Waals surface area contributed by atoms with Gasteiger partial charge in [-0.15, -0.1) is 0 Å². The van der Waals surface area contributed by atoms with Crippen LogP contribution in [0.4, 0.5) is 4.39 Å². The predicted molar refractivity (Wildman–Crippen MR) is 92.4 cm³/mol. The van der Waals surface area contributed by atoms with Gasteiger partial charge in [-0.2, -0.15) is 0 Å². The lowest BCUT2D eigenvalue weighted by atomic mass is 10.0. The number of aryl methyl sites for hydroxylation is 1. The highest BCUT2D eigenvalue weighted by atomic mass is 19.1. The van der Waals surface area contributed by atoms with Crippen LogP contribution in [-0.4, -0.2) is 37.0 Å². The third kappa shape index (κ3) is 4.86. The summed E-state index contributed by atoms with van der Waals surface area (Å²) < 4.78 is 29.7. The number of aliphatic hydroxyl groups is 1. The smallest absolute Gasteiger partial charge is 0.341 e. The number of hydrogen-bond acceptors (Lipinski definition) is 5. The maximum Gasteiger partial charge on any atom is 0.341 e. The Morgan fingerprint density at radius 3 is 2.50 bits per heavy atom. The monoisotopic (exact) mass is 364 g/mol. The lowest BCUT2D eigenvalue weighted by Crippen LogP contribution is -2.11. The van der Waals surface area contributed by atoms with Crippen molar-refractivity contribution in [2.45, 2.75) is 18.9 Å². The molecule has 0 aliphatic heterocycles. The minimum Gasteiger partial charge on any atom is -0.493 e. The first-order chi connectivity index (χ1) is 12.5. The van der Waals surface area contributed by atoms with Crippen LogP contribution in [0.3, 0.4) is 0 Å². The van der Waals surface area contributed by atoms with E-state index < -0.39 is 24.5 Å². The third-order valence-corrected chi connectivity index (χ3v) is 3.86. The van der Waals surface area contributed by atoms with Gasteiger partial charge in [-0.1, -0.05) is 18.2 Å². The van der Waals surface area contributed by atoms with Crippen LogP contribution in [-0.2, 0) is 11.2 Å². The summed E-state index contributed by atoms with van der Waals surface area (Å²) in [5.74, 6) is -0.978. The molecule has 26 heavy (non-hydrogen) atoms. The van der Waals surface area contributed by atoms with Gasteiger partial charge in [0.2, 0.25) is 0 Å². The highest BCUT2D eigenvalue weighted by Crippen LogP contribution is 2.31. The summed E-state index contributed by atoms with van der Waals surface area (Å²) in [5.41, 5.74) is 0.966. The molecule has 2 aromatic rings. The van der Waals surface area contributed by atoms with Crippen LogP contribution in [0.25, 0.3) is 0 Å². The maximum absolute atomic E-state index is 14.4. The van der Waals surface area contributed by atoms with Gasteiger partial charge in [-0.05, 0) is 36.6 Å². The summed E-state index contributed by atoms with van der Waals surface area (Å²) >= 11 is 0. The molecule has 140 valence electrons. The molecule has 0 unspecified atom stereocenters. The highest BCUT2D eigenvalue weighted by molar-refractivity contribution is 5.68. The molecule has 0 aliphatic carbocycles. The molecule has 0 fully saturated rings. The predicted octanol–water partition coefficient (Wildman–Crippen LogP) is 2.97. The second kappa shape index (κ2) is 9.05. The Morgan fingerprint density at radius 1 is 1.12 bits per heavy atom. The average Bonchev–Trinajstić information content (AvgIpc) is 2.64. The molecule has 0 radical (unpaired) electrons. The number of methoxy groups -OCH3 is 2. The van der Waals surface area contributed by atoms with Gasteiger partial charge in [0.25, 0.3) is 0 Å². The molecule has 0 bridgehead atoms. The fourth-order valence-electron chi connectivity index (χ4n) is 2.53. The largest absolute Gasteiger partial charge is 0.493 e. The molecule has 1 atom stereocenters. The van der Waals surface area contributed by atoms with Crippen molar-refractivity contribution in [1.82, 2.24) is 0 Å². The Morgan fingerprint density at radius 2 is 1.85 bits per heavy atom. The number of benzene rings is 2. The van der Waals surface area contributed by atoms with Crippen molar-refractivity contribution in [2.24, 2.45) is 0 Å². The molecule has 2 aromatic carbocycles. The zero-order chi connectivity index (χ0) is 19.1. The first-order valence-corrected chi connectivity index (χ1v) is 7.98. The van der Waals surface area contributed by atoms with Crippen LogP contribution in [0.15, 0.2) is 36.4 Å². The van der Waals surface area contributed by atoms with E-state index in [2.05, 4.69) is 0 Å². The topological polar surface area (TPSA) is 85.2 Å². The summed E-state index contributed by atoms with van der Waals surface area (Å²) in [6, 6.07) is 9.69. The van der Waals surface area contributed by atoms with Crippen LogP contribution in [0, 0.1) is 5.82 Å². The molecule has 0 amide bonds. The molecule has 6 nitrogen and oxygen atoms in total.